The number of benzene rings is 2. The predicted octanol–water partition coefficient (Wildman–Crippen LogP) is 3.27. The van der Waals surface area contributed by atoms with Crippen LogP contribution >= 0.6 is 0 Å². The molecule has 0 saturated heterocycles. The first-order valence-electron chi connectivity index (χ1n) is 9.72. The summed E-state index contributed by atoms with van der Waals surface area (Å²) in [6.07, 6.45) is -1.13. The van der Waals surface area contributed by atoms with Gasteiger partial charge in [-0.2, -0.15) is 0 Å². The van der Waals surface area contributed by atoms with E-state index in [1.807, 2.05) is 0 Å². The fourth-order valence-electron chi connectivity index (χ4n) is 3.92. The van der Waals surface area contributed by atoms with Gasteiger partial charge in [-0.05, 0) is 19.1 Å². The Morgan fingerprint density at radius 2 is 1.68 bits per heavy atom. The molecule has 0 radical (unpaired) electrons. The maximum atomic E-state index is 13.1. The molecule has 1 aromatic heterocycles. The standard InChI is InChI=1S/C23H22O8/c1-5-29-23(25)21-18(17-15(27-3)10-12(26-2)11-16(17)28-4)19-20(31-21)13-8-6-7-9-14(13)30-22(19)24/h6-11,18,21H,5H2,1-4H3/t18-,21-/m0/s1. The number of carbonyl (C=O) groups excluding carboxylic acids is 1. The lowest BCUT2D eigenvalue weighted by atomic mass is 9.87. The van der Waals surface area contributed by atoms with Crippen molar-refractivity contribution in [1.82, 2.24) is 0 Å². The Morgan fingerprint density at radius 1 is 1.00 bits per heavy atom. The molecule has 2 aromatic carbocycles. The third kappa shape index (κ3) is 3.34. The van der Waals surface area contributed by atoms with Gasteiger partial charge in [0.15, 0.2) is 0 Å². The largest absolute Gasteiger partial charge is 0.496 e. The molecule has 0 saturated carbocycles. The van der Waals surface area contributed by atoms with E-state index in [4.69, 9.17) is 28.1 Å². The Labute approximate surface area is 178 Å². The topological polar surface area (TPSA) is 93.4 Å². The SMILES string of the molecule is CCOC(=O)[C@H]1Oc2c(c(=O)oc3ccccc23)[C@@H]1c1c(OC)cc(OC)cc1OC. The Balaban J connectivity index is 2.03. The van der Waals surface area contributed by atoms with Crippen LogP contribution in [-0.2, 0) is 9.53 Å². The van der Waals surface area contributed by atoms with Gasteiger partial charge < -0.3 is 28.1 Å². The van der Waals surface area contributed by atoms with Gasteiger partial charge in [-0.1, -0.05) is 12.1 Å². The van der Waals surface area contributed by atoms with Crippen LogP contribution in [0.15, 0.2) is 45.6 Å². The molecule has 4 rings (SSSR count). The van der Waals surface area contributed by atoms with E-state index < -0.39 is 23.6 Å². The highest BCUT2D eigenvalue weighted by Gasteiger charge is 2.47. The predicted molar refractivity (Wildman–Crippen MR) is 111 cm³/mol. The van der Waals surface area contributed by atoms with Gasteiger partial charge in [-0.15, -0.1) is 0 Å². The minimum absolute atomic E-state index is 0.161. The number of fused-ring (bicyclic) bond motifs is 3. The summed E-state index contributed by atoms with van der Waals surface area (Å²) >= 11 is 0. The van der Waals surface area contributed by atoms with Gasteiger partial charge in [-0.25, -0.2) is 9.59 Å². The van der Waals surface area contributed by atoms with Crippen molar-refractivity contribution in [2.24, 2.45) is 0 Å². The molecule has 0 fully saturated rings. The van der Waals surface area contributed by atoms with Crippen LogP contribution in [0.1, 0.15) is 24.0 Å². The van der Waals surface area contributed by atoms with Gasteiger partial charge in [0.05, 0.1) is 44.8 Å². The van der Waals surface area contributed by atoms with E-state index in [0.717, 1.165) is 0 Å². The number of hydrogen-bond acceptors (Lipinski definition) is 8. The number of para-hydroxylation sites is 1. The van der Waals surface area contributed by atoms with E-state index in [1.165, 1.54) is 21.3 Å². The fourth-order valence-corrected chi connectivity index (χ4v) is 3.92. The minimum atomic E-state index is -1.13. The summed E-state index contributed by atoms with van der Waals surface area (Å²) in [4.78, 5) is 25.9. The smallest absolute Gasteiger partial charge is 0.348 e. The molecule has 162 valence electrons. The highest BCUT2D eigenvalue weighted by Crippen LogP contribution is 2.50. The molecular formula is C23H22O8. The zero-order chi connectivity index (χ0) is 22.1. The summed E-state index contributed by atoms with van der Waals surface area (Å²) in [6, 6.07) is 10.3. The summed E-state index contributed by atoms with van der Waals surface area (Å²) in [5, 5.41) is 0.584. The lowest BCUT2D eigenvalue weighted by Crippen LogP contribution is -2.33. The lowest BCUT2D eigenvalue weighted by molar-refractivity contribution is -0.151. The van der Waals surface area contributed by atoms with Crippen molar-refractivity contribution in [2.75, 3.05) is 27.9 Å². The Hall–Kier alpha value is -3.68. The number of hydrogen-bond donors (Lipinski definition) is 0. The molecule has 8 nitrogen and oxygen atoms in total. The van der Waals surface area contributed by atoms with Crippen molar-refractivity contribution in [1.29, 1.82) is 0 Å². The van der Waals surface area contributed by atoms with Crippen molar-refractivity contribution in [3.63, 3.8) is 0 Å². The second kappa shape index (κ2) is 8.22. The Kier molecular flexibility index (Phi) is 5.46. The quantitative estimate of drug-likeness (QED) is 0.438. The highest BCUT2D eigenvalue weighted by molar-refractivity contribution is 5.89. The normalized spacial score (nSPS) is 17.0. The third-order valence-electron chi connectivity index (χ3n) is 5.24. The number of rotatable bonds is 6. The molecule has 1 aliphatic heterocycles. The molecule has 0 unspecified atom stereocenters. The zero-order valence-corrected chi connectivity index (χ0v) is 17.6. The number of esters is 1. The van der Waals surface area contributed by atoms with E-state index >= 15 is 0 Å². The van der Waals surface area contributed by atoms with Gasteiger partial charge >= 0.3 is 11.6 Å². The first-order valence-corrected chi connectivity index (χ1v) is 9.72. The lowest BCUT2D eigenvalue weighted by Gasteiger charge is -2.22. The molecule has 0 N–H and O–H groups in total. The average Bonchev–Trinajstić information content (AvgIpc) is 3.19. The molecule has 0 amide bonds. The van der Waals surface area contributed by atoms with E-state index in [9.17, 15) is 9.59 Å². The molecule has 1 aliphatic rings. The van der Waals surface area contributed by atoms with Crippen molar-refractivity contribution >= 4 is 16.9 Å². The summed E-state index contributed by atoms with van der Waals surface area (Å²) in [5.74, 6) is 0.0569. The van der Waals surface area contributed by atoms with Crippen LogP contribution < -0.4 is 24.6 Å². The molecule has 0 aliphatic carbocycles. The maximum absolute atomic E-state index is 13.1. The van der Waals surface area contributed by atoms with E-state index in [-0.39, 0.29) is 17.9 Å². The van der Waals surface area contributed by atoms with Crippen LogP contribution in [0, 0.1) is 0 Å². The van der Waals surface area contributed by atoms with Gasteiger partial charge in [0, 0.05) is 17.7 Å². The zero-order valence-electron chi connectivity index (χ0n) is 17.6. The summed E-state index contributed by atoms with van der Waals surface area (Å²) < 4.78 is 33.3. The van der Waals surface area contributed by atoms with Crippen LogP contribution in [-0.4, -0.2) is 40.0 Å². The average molecular weight is 426 g/mol. The van der Waals surface area contributed by atoms with Gasteiger partial charge in [-0.3, -0.25) is 0 Å². The first-order chi connectivity index (χ1) is 15.0. The van der Waals surface area contributed by atoms with Crippen LogP contribution in [0.3, 0.4) is 0 Å². The number of ether oxygens (including phenoxy) is 5. The van der Waals surface area contributed by atoms with Crippen molar-refractivity contribution < 1.29 is 32.9 Å². The summed E-state index contributed by atoms with van der Waals surface area (Å²) in [7, 11) is 4.48. The highest BCUT2D eigenvalue weighted by atomic mass is 16.6. The maximum Gasteiger partial charge on any atom is 0.348 e. The van der Waals surface area contributed by atoms with Crippen molar-refractivity contribution in [3.8, 4) is 23.0 Å². The van der Waals surface area contributed by atoms with E-state index in [1.54, 1.807) is 43.3 Å². The van der Waals surface area contributed by atoms with Gasteiger partial charge in [0.1, 0.15) is 28.6 Å². The number of methoxy groups -OCH3 is 3. The molecule has 8 heteroatoms. The Bertz CT molecular complexity index is 1170. The van der Waals surface area contributed by atoms with Crippen LogP contribution in [0.2, 0.25) is 0 Å². The minimum Gasteiger partial charge on any atom is -0.496 e. The molecule has 31 heavy (non-hydrogen) atoms. The summed E-state index contributed by atoms with van der Waals surface area (Å²) in [5.41, 5.74) is 0.428. The second-order valence-electron chi connectivity index (χ2n) is 6.84. The molecule has 2 heterocycles. The van der Waals surface area contributed by atoms with Crippen LogP contribution in [0.5, 0.6) is 23.0 Å². The van der Waals surface area contributed by atoms with Crippen molar-refractivity contribution in [3.05, 3.63) is 57.9 Å². The fraction of sp³-hybridized carbons (Fsp3) is 0.304. The molecule has 2 atom stereocenters. The second-order valence-corrected chi connectivity index (χ2v) is 6.84. The van der Waals surface area contributed by atoms with Crippen LogP contribution in [0.25, 0.3) is 11.0 Å². The Morgan fingerprint density at radius 3 is 2.29 bits per heavy atom. The molecule has 3 aromatic rings. The van der Waals surface area contributed by atoms with Crippen LogP contribution in [0.4, 0.5) is 0 Å². The number of carbonyl (C=O) groups is 1. The third-order valence-corrected chi connectivity index (χ3v) is 5.24. The van der Waals surface area contributed by atoms with Gasteiger partial charge in [0.25, 0.3) is 0 Å². The molecule has 0 bridgehead atoms. The van der Waals surface area contributed by atoms with Crippen molar-refractivity contribution in [2.45, 2.75) is 18.9 Å². The summed E-state index contributed by atoms with van der Waals surface area (Å²) in [6.45, 7) is 1.86. The monoisotopic (exact) mass is 426 g/mol. The molecule has 0 spiro atoms. The van der Waals surface area contributed by atoms with E-state index in [2.05, 4.69) is 0 Å². The van der Waals surface area contributed by atoms with Gasteiger partial charge in [0.2, 0.25) is 6.10 Å². The molecular weight excluding hydrogens is 404 g/mol. The first kappa shape index (κ1) is 20.6. The van der Waals surface area contributed by atoms with E-state index in [0.29, 0.717) is 33.8 Å².